The Labute approximate surface area is 196 Å². The van der Waals surface area contributed by atoms with Crippen molar-refractivity contribution in [2.24, 2.45) is 11.3 Å². The van der Waals surface area contributed by atoms with Gasteiger partial charge in [0.15, 0.2) is 0 Å². The van der Waals surface area contributed by atoms with Crippen LogP contribution in [0.1, 0.15) is 83.3 Å². The number of hydrogen-bond donors (Lipinski definition) is 1. The van der Waals surface area contributed by atoms with Crippen molar-refractivity contribution in [1.82, 2.24) is 0 Å². The predicted molar refractivity (Wildman–Crippen MR) is 138 cm³/mol. The van der Waals surface area contributed by atoms with Crippen LogP contribution in [0.15, 0.2) is 83.6 Å². The molecular weight excluding hydrogens is 388 g/mol. The van der Waals surface area contributed by atoms with Gasteiger partial charge in [0.25, 0.3) is 0 Å². The Kier molecular flexibility index (Phi) is 9.21. The van der Waals surface area contributed by atoms with Gasteiger partial charge in [0.05, 0.1) is 0 Å². The number of unbranched alkanes of at least 4 members (excludes halogenated alkanes) is 6. The Bertz CT molecular complexity index is 877. The average Bonchev–Trinajstić information content (AvgIpc) is 2.81. The monoisotopic (exact) mass is 430 g/mol. The molecule has 1 N–H and O–H groups in total. The van der Waals surface area contributed by atoms with E-state index in [1.54, 1.807) is 0 Å². The maximum absolute atomic E-state index is 11.0. The van der Waals surface area contributed by atoms with Crippen LogP contribution in [0, 0.1) is 11.3 Å². The molecule has 0 aliphatic heterocycles. The van der Waals surface area contributed by atoms with Gasteiger partial charge >= 0.3 is 0 Å². The molecule has 3 rings (SSSR count). The van der Waals surface area contributed by atoms with E-state index in [2.05, 4.69) is 87.5 Å². The molecule has 1 nitrogen and oxygen atoms in total. The van der Waals surface area contributed by atoms with E-state index in [-0.39, 0.29) is 5.41 Å². The van der Waals surface area contributed by atoms with Crippen molar-refractivity contribution >= 4 is 0 Å². The molecule has 0 spiro atoms. The van der Waals surface area contributed by atoms with Crippen LogP contribution in [0.25, 0.3) is 0 Å². The van der Waals surface area contributed by atoms with E-state index in [4.69, 9.17) is 0 Å². The smallest absolute Gasteiger partial charge is 0.115 e. The molecule has 0 radical (unpaired) electrons. The quantitative estimate of drug-likeness (QED) is 0.333. The minimum Gasteiger partial charge on any atom is -0.508 e. The molecule has 0 aromatic heterocycles. The molecule has 2 aromatic rings. The fourth-order valence-electron chi connectivity index (χ4n) is 5.55. The molecule has 0 heterocycles. The minimum atomic E-state index is 0.0706. The lowest BCUT2D eigenvalue weighted by atomic mass is 9.59. The van der Waals surface area contributed by atoms with Crippen LogP contribution < -0.4 is 0 Å². The zero-order chi connectivity index (χ0) is 22.8. The van der Waals surface area contributed by atoms with Gasteiger partial charge in [-0.15, -0.1) is 0 Å². The fourth-order valence-corrected chi connectivity index (χ4v) is 5.55. The predicted octanol–water partition coefficient (Wildman–Crippen LogP) is 9.01. The van der Waals surface area contributed by atoms with Crippen molar-refractivity contribution in [3.8, 4) is 0 Å². The lowest BCUT2D eigenvalue weighted by Crippen LogP contribution is -2.37. The summed E-state index contributed by atoms with van der Waals surface area (Å²) in [5.41, 5.74) is 5.28. The van der Waals surface area contributed by atoms with Crippen LogP contribution in [-0.2, 0) is 12.8 Å². The summed E-state index contributed by atoms with van der Waals surface area (Å²) in [4.78, 5) is 0. The lowest BCUT2D eigenvalue weighted by molar-refractivity contribution is 0.208. The minimum absolute atomic E-state index is 0.0706. The van der Waals surface area contributed by atoms with Gasteiger partial charge in [-0.3, -0.25) is 0 Å². The number of aliphatic hydroxyl groups is 1. The number of aliphatic hydroxyl groups excluding tert-OH is 1. The molecule has 0 saturated carbocycles. The Morgan fingerprint density at radius 3 is 1.97 bits per heavy atom. The van der Waals surface area contributed by atoms with Gasteiger partial charge in [0.1, 0.15) is 5.76 Å². The second-order valence-electron chi connectivity index (χ2n) is 9.81. The van der Waals surface area contributed by atoms with Crippen LogP contribution >= 0.6 is 0 Å². The average molecular weight is 431 g/mol. The van der Waals surface area contributed by atoms with Crippen LogP contribution in [-0.4, -0.2) is 5.11 Å². The van der Waals surface area contributed by atoms with E-state index in [1.165, 1.54) is 73.6 Å². The van der Waals surface area contributed by atoms with Gasteiger partial charge in [-0.2, -0.15) is 0 Å². The van der Waals surface area contributed by atoms with E-state index in [0.717, 1.165) is 12.8 Å². The maximum Gasteiger partial charge on any atom is 0.115 e. The summed E-state index contributed by atoms with van der Waals surface area (Å²) in [6.45, 7) is 6.88. The first kappa shape index (κ1) is 24.4. The molecule has 0 saturated heterocycles. The maximum atomic E-state index is 11.0. The Morgan fingerprint density at radius 2 is 1.34 bits per heavy atom. The topological polar surface area (TPSA) is 20.2 Å². The van der Waals surface area contributed by atoms with E-state index in [1.807, 2.05) is 0 Å². The Morgan fingerprint density at radius 1 is 0.781 bits per heavy atom. The highest BCUT2D eigenvalue weighted by molar-refractivity contribution is 5.40. The molecular formula is C31H42O. The second kappa shape index (κ2) is 12.1. The van der Waals surface area contributed by atoms with Crippen molar-refractivity contribution < 1.29 is 5.11 Å². The molecule has 1 heteroatoms. The molecule has 2 atom stereocenters. The highest BCUT2D eigenvalue weighted by Gasteiger charge is 2.42. The molecule has 1 aliphatic carbocycles. The zero-order valence-corrected chi connectivity index (χ0v) is 20.4. The SMILES string of the molecule is CCCCCCCCCC1(Cc2ccccc2)C(C)=CC(O)=C(Cc2ccccc2)C1C. The van der Waals surface area contributed by atoms with E-state index >= 15 is 0 Å². The molecule has 0 amide bonds. The van der Waals surface area contributed by atoms with Gasteiger partial charge < -0.3 is 5.11 Å². The summed E-state index contributed by atoms with van der Waals surface area (Å²) < 4.78 is 0. The second-order valence-corrected chi connectivity index (χ2v) is 9.81. The molecule has 2 aromatic carbocycles. The number of hydrogen-bond acceptors (Lipinski definition) is 1. The summed E-state index contributed by atoms with van der Waals surface area (Å²) in [7, 11) is 0. The molecule has 0 bridgehead atoms. The van der Waals surface area contributed by atoms with E-state index in [0.29, 0.717) is 11.7 Å². The third kappa shape index (κ3) is 6.15. The van der Waals surface area contributed by atoms with Crippen LogP contribution in [0.3, 0.4) is 0 Å². The van der Waals surface area contributed by atoms with Crippen molar-refractivity contribution in [2.45, 2.75) is 85.0 Å². The molecule has 172 valence electrons. The molecule has 0 fully saturated rings. The number of rotatable bonds is 12. The molecule has 2 unspecified atom stereocenters. The lowest BCUT2D eigenvalue weighted by Gasteiger charge is -2.45. The van der Waals surface area contributed by atoms with Gasteiger partial charge in [-0.25, -0.2) is 0 Å². The molecule has 1 aliphatic rings. The summed E-state index contributed by atoms with van der Waals surface area (Å²) in [6, 6.07) is 21.5. The Hall–Kier alpha value is -2.28. The van der Waals surface area contributed by atoms with E-state index in [9.17, 15) is 5.11 Å². The van der Waals surface area contributed by atoms with Crippen molar-refractivity contribution in [1.29, 1.82) is 0 Å². The van der Waals surface area contributed by atoms with Gasteiger partial charge in [-0.1, -0.05) is 125 Å². The third-order valence-electron chi connectivity index (χ3n) is 7.65. The standard InChI is InChI=1S/C31H42O/c1-4-5-6-7-8-9-16-21-31(24-28-19-14-11-15-20-28)25(2)22-30(32)29(26(31)3)23-27-17-12-10-13-18-27/h10-15,17-20,22,26,32H,4-9,16,21,23-24H2,1-3H3. The first-order valence-electron chi connectivity index (χ1n) is 12.8. The summed E-state index contributed by atoms with van der Waals surface area (Å²) in [5.74, 6) is 0.801. The number of allylic oxidation sites excluding steroid dienone is 3. The summed E-state index contributed by atoms with van der Waals surface area (Å²) >= 11 is 0. The van der Waals surface area contributed by atoms with Gasteiger partial charge in [0, 0.05) is 5.41 Å². The first-order valence-corrected chi connectivity index (χ1v) is 12.8. The zero-order valence-electron chi connectivity index (χ0n) is 20.4. The van der Waals surface area contributed by atoms with Crippen LogP contribution in [0.2, 0.25) is 0 Å². The van der Waals surface area contributed by atoms with Crippen LogP contribution in [0.4, 0.5) is 0 Å². The summed E-state index contributed by atoms with van der Waals surface area (Å²) in [6.07, 6.45) is 14.4. The van der Waals surface area contributed by atoms with Gasteiger partial charge in [-0.05, 0) is 54.9 Å². The number of benzene rings is 2. The van der Waals surface area contributed by atoms with Crippen LogP contribution in [0.5, 0.6) is 0 Å². The van der Waals surface area contributed by atoms with Crippen molar-refractivity contribution in [2.75, 3.05) is 0 Å². The molecule has 32 heavy (non-hydrogen) atoms. The highest BCUT2D eigenvalue weighted by Crippen LogP contribution is 2.50. The third-order valence-corrected chi connectivity index (χ3v) is 7.65. The normalized spacial score (nSPS) is 21.0. The Balaban J connectivity index is 1.81. The highest BCUT2D eigenvalue weighted by atomic mass is 16.3. The van der Waals surface area contributed by atoms with E-state index < -0.39 is 0 Å². The largest absolute Gasteiger partial charge is 0.508 e. The van der Waals surface area contributed by atoms with Crippen molar-refractivity contribution in [3.63, 3.8) is 0 Å². The van der Waals surface area contributed by atoms with Crippen molar-refractivity contribution in [3.05, 3.63) is 94.8 Å². The first-order chi connectivity index (χ1) is 15.6. The fraction of sp³-hybridized carbons (Fsp3) is 0.484. The van der Waals surface area contributed by atoms with Gasteiger partial charge in [0.2, 0.25) is 0 Å². The summed E-state index contributed by atoms with van der Waals surface area (Å²) in [5, 5.41) is 11.0.